The van der Waals surface area contributed by atoms with Crippen LogP contribution in [0.15, 0.2) is 18.2 Å². The molecule has 0 atom stereocenters. The van der Waals surface area contributed by atoms with Gasteiger partial charge in [0, 0.05) is 19.0 Å². The molecule has 23 heavy (non-hydrogen) atoms. The van der Waals surface area contributed by atoms with Crippen molar-refractivity contribution in [3.05, 3.63) is 23.2 Å². The highest BCUT2D eigenvalue weighted by molar-refractivity contribution is 7.18. The van der Waals surface area contributed by atoms with Crippen LogP contribution in [0.3, 0.4) is 0 Å². The minimum atomic E-state index is -0.315. The van der Waals surface area contributed by atoms with Gasteiger partial charge in [0.15, 0.2) is 0 Å². The maximum atomic E-state index is 6.15. The Morgan fingerprint density at radius 1 is 1.17 bits per heavy atom. The van der Waals surface area contributed by atoms with E-state index in [1.54, 1.807) is 0 Å². The summed E-state index contributed by atoms with van der Waals surface area (Å²) in [4.78, 5) is 7.18. The zero-order chi connectivity index (χ0) is 16.4. The maximum absolute atomic E-state index is 6.15. The molecule has 0 unspecified atom stereocenters. The Labute approximate surface area is 141 Å². The standard InChI is InChI=1S/C17H23BN2O2S/c1-16(2)17(3,4)22-18(21-16)12-6-7-14-13(8-12)19-15(23-14)11-9-20(5)10-11/h6-8,11H,9-10H2,1-5H3. The summed E-state index contributed by atoms with van der Waals surface area (Å²) in [6.45, 7) is 10.6. The van der Waals surface area contributed by atoms with E-state index >= 15 is 0 Å². The van der Waals surface area contributed by atoms with Gasteiger partial charge in [0.25, 0.3) is 0 Å². The summed E-state index contributed by atoms with van der Waals surface area (Å²) in [5.41, 5.74) is 1.50. The van der Waals surface area contributed by atoms with Crippen molar-refractivity contribution in [2.24, 2.45) is 0 Å². The van der Waals surface area contributed by atoms with E-state index < -0.39 is 0 Å². The van der Waals surface area contributed by atoms with Crippen molar-refractivity contribution < 1.29 is 9.31 Å². The molecule has 0 spiro atoms. The number of benzene rings is 1. The van der Waals surface area contributed by atoms with Crippen LogP contribution < -0.4 is 5.46 Å². The number of fused-ring (bicyclic) bond motifs is 1. The third kappa shape index (κ3) is 2.52. The van der Waals surface area contributed by atoms with Crippen molar-refractivity contribution in [1.29, 1.82) is 0 Å². The minimum Gasteiger partial charge on any atom is -0.399 e. The van der Waals surface area contributed by atoms with Gasteiger partial charge in [-0.3, -0.25) is 0 Å². The lowest BCUT2D eigenvalue weighted by molar-refractivity contribution is 0.00578. The third-order valence-electron chi connectivity index (χ3n) is 5.37. The van der Waals surface area contributed by atoms with E-state index in [-0.39, 0.29) is 18.3 Å². The predicted molar refractivity (Wildman–Crippen MR) is 95.6 cm³/mol. The SMILES string of the molecule is CN1CC(c2nc3cc(B4OC(C)(C)C(C)(C)O4)ccc3s2)C1. The zero-order valence-corrected chi connectivity index (χ0v) is 15.2. The lowest BCUT2D eigenvalue weighted by Crippen LogP contribution is -2.41. The second-order valence-corrected chi connectivity index (χ2v) is 8.85. The van der Waals surface area contributed by atoms with Gasteiger partial charge in [-0.25, -0.2) is 4.98 Å². The van der Waals surface area contributed by atoms with Gasteiger partial charge in [-0.15, -0.1) is 11.3 Å². The van der Waals surface area contributed by atoms with E-state index in [9.17, 15) is 0 Å². The minimum absolute atomic E-state index is 0.309. The molecule has 1 aromatic carbocycles. The molecular weight excluding hydrogens is 307 g/mol. The highest BCUT2D eigenvalue weighted by atomic mass is 32.1. The second-order valence-electron chi connectivity index (χ2n) is 7.79. The highest BCUT2D eigenvalue weighted by Crippen LogP contribution is 2.37. The Morgan fingerprint density at radius 2 is 1.83 bits per heavy atom. The molecule has 6 heteroatoms. The normalized spacial score (nSPS) is 24.3. The first-order chi connectivity index (χ1) is 10.7. The first-order valence-electron chi connectivity index (χ1n) is 8.20. The van der Waals surface area contributed by atoms with Crippen LogP contribution in [0, 0.1) is 0 Å². The van der Waals surface area contributed by atoms with Gasteiger partial charge in [0.1, 0.15) is 0 Å². The summed E-state index contributed by atoms with van der Waals surface area (Å²) in [5, 5.41) is 1.25. The molecule has 1 aromatic heterocycles. The Kier molecular flexibility index (Phi) is 3.40. The van der Waals surface area contributed by atoms with Crippen molar-refractivity contribution in [3.8, 4) is 0 Å². The first-order valence-corrected chi connectivity index (χ1v) is 9.01. The molecule has 0 aliphatic carbocycles. The van der Waals surface area contributed by atoms with Crippen LogP contribution >= 0.6 is 11.3 Å². The summed E-state index contributed by atoms with van der Waals surface area (Å²) < 4.78 is 13.5. The maximum Gasteiger partial charge on any atom is 0.494 e. The molecule has 0 bridgehead atoms. The van der Waals surface area contributed by atoms with Crippen LogP contribution in [-0.2, 0) is 9.31 Å². The van der Waals surface area contributed by atoms with Crippen LogP contribution in [0.1, 0.15) is 38.6 Å². The second kappa shape index (κ2) is 5.02. The summed E-state index contributed by atoms with van der Waals surface area (Å²) >= 11 is 1.81. The number of hydrogen-bond acceptors (Lipinski definition) is 5. The summed E-state index contributed by atoms with van der Waals surface area (Å²) in [7, 11) is 1.84. The van der Waals surface area contributed by atoms with E-state index in [4.69, 9.17) is 14.3 Å². The van der Waals surface area contributed by atoms with E-state index in [1.807, 2.05) is 11.3 Å². The van der Waals surface area contributed by atoms with Gasteiger partial charge in [0.05, 0.1) is 26.4 Å². The van der Waals surface area contributed by atoms with Crippen LogP contribution in [0.25, 0.3) is 10.2 Å². The van der Waals surface area contributed by atoms with E-state index in [2.05, 4.69) is 57.8 Å². The number of nitrogens with zero attached hydrogens (tertiary/aromatic N) is 2. The van der Waals surface area contributed by atoms with Gasteiger partial charge < -0.3 is 14.2 Å². The molecule has 2 aliphatic heterocycles. The topological polar surface area (TPSA) is 34.6 Å². The molecule has 2 aliphatic rings. The van der Waals surface area contributed by atoms with Crippen molar-refractivity contribution >= 4 is 34.1 Å². The predicted octanol–water partition coefficient (Wildman–Crippen LogP) is 2.62. The zero-order valence-electron chi connectivity index (χ0n) is 14.4. The average molecular weight is 330 g/mol. The molecule has 4 rings (SSSR count). The van der Waals surface area contributed by atoms with Crippen molar-refractivity contribution in [2.45, 2.75) is 44.8 Å². The summed E-state index contributed by atoms with van der Waals surface area (Å²) in [6, 6.07) is 6.39. The Morgan fingerprint density at radius 3 is 2.43 bits per heavy atom. The van der Waals surface area contributed by atoms with Gasteiger partial charge in [-0.1, -0.05) is 6.07 Å². The Bertz CT molecular complexity index is 736. The van der Waals surface area contributed by atoms with Gasteiger partial charge in [-0.2, -0.15) is 0 Å². The smallest absolute Gasteiger partial charge is 0.399 e. The van der Waals surface area contributed by atoms with E-state index in [1.165, 1.54) is 9.71 Å². The molecule has 122 valence electrons. The van der Waals surface area contributed by atoms with Crippen LogP contribution in [0.2, 0.25) is 0 Å². The molecular formula is C17H23BN2O2S. The molecule has 4 nitrogen and oxygen atoms in total. The van der Waals surface area contributed by atoms with Crippen molar-refractivity contribution in [2.75, 3.05) is 20.1 Å². The lowest BCUT2D eigenvalue weighted by Gasteiger charge is -2.34. The number of thiazole rings is 1. The Hall–Kier alpha value is -0.945. The fourth-order valence-electron chi connectivity index (χ4n) is 3.12. The number of hydrogen-bond donors (Lipinski definition) is 0. The molecule has 3 heterocycles. The average Bonchev–Trinajstić information content (AvgIpc) is 2.93. The lowest BCUT2D eigenvalue weighted by atomic mass is 9.79. The number of aromatic nitrogens is 1. The molecule has 2 saturated heterocycles. The fraction of sp³-hybridized carbons (Fsp3) is 0.588. The van der Waals surface area contributed by atoms with Crippen LogP contribution in [-0.4, -0.2) is 48.3 Å². The van der Waals surface area contributed by atoms with Crippen LogP contribution in [0.4, 0.5) is 0 Å². The third-order valence-corrected chi connectivity index (χ3v) is 6.57. The molecule has 0 amide bonds. The molecule has 0 radical (unpaired) electrons. The summed E-state index contributed by atoms with van der Waals surface area (Å²) in [5.74, 6) is 0.595. The van der Waals surface area contributed by atoms with Gasteiger partial charge in [-0.05, 0) is 52.3 Å². The molecule has 0 saturated carbocycles. The van der Waals surface area contributed by atoms with Crippen molar-refractivity contribution in [1.82, 2.24) is 9.88 Å². The quantitative estimate of drug-likeness (QED) is 0.793. The van der Waals surface area contributed by atoms with Crippen LogP contribution in [0.5, 0.6) is 0 Å². The van der Waals surface area contributed by atoms with Gasteiger partial charge in [0.2, 0.25) is 0 Å². The number of likely N-dealkylation sites (tertiary alicyclic amines) is 1. The molecule has 0 N–H and O–H groups in total. The fourth-order valence-corrected chi connectivity index (χ4v) is 4.15. The van der Waals surface area contributed by atoms with Crippen molar-refractivity contribution in [3.63, 3.8) is 0 Å². The largest absolute Gasteiger partial charge is 0.494 e. The first kappa shape index (κ1) is 15.6. The number of likely N-dealkylation sites (N-methyl/N-ethyl adjacent to an activating group) is 1. The molecule has 2 aromatic rings. The number of rotatable bonds is 2. The Balaban J connectivity index is 1.62. The van der Waals surface area contributed by atoms with E-state index in [0.717, 1.165) is 24.1 Å². The van der Waals surface area contributed by atoms with Gasteiger partial charge >= 0.3 is 7.12 Å². The molecule has 2 fully saturated rings. The van der Waals surface area contributed by atoms with E-state index in [0.29, 0.717) is 5.92 Å². The monoisotopic (exact) mass is 330 g/mol. The highest BCUT2D eigenvalue weighted by Gasteiger charge is 2.51. The summed E-state index contributed by atoms with van der Waals surface area (Å²) in [6.07, 6.45) is 0.